The average Bonchev–Trinajstić information content (AvgIpc) is 2.91. The highest BCUT2D eigenvalue weighted by atomic mass is 16.3. The zero-order valence-corrected chi connectivity index (χ0v) is 9.20. The van der Waals surface area contributed by atoms with Gasteiger partial charge >= 0.3 is 0 Å². The molecule has 3 rings (SSSR count). The van der Waals surface area contributed by atoms with Gasteiger partial charge in [0, 0.05) is 5.39 Å². The second-order valence-corrected chi connectivity index (χ2v) is 3.63. The number of benzene rings is 1. The molecule has 0 radical (unpaired) electrons. The third-order valence-corrected chi connectivity index (χ3v) is 2.56. The van der Waals surface area contributed by atoms with E-state index in [1.807, 2.05) is 6.07 Å². The summed E-state index contributed by atoms with van der Waals surface area (Å²) in [4.78, 5) is 23.4. The molecule has 0 aliphatic rings. The van der Waals surface area contributed by atoms with Crippen molar-refractivity contribution in [1.82, 2.24) is 15.0 Å². The van der Waals surface area contributed by atoms with Crippen LogP contribution in [0.4, 0.5) is 0 Å². The van der Waals surface area contributed by atoms with E-state index in [-0.39, 0.29) is 5.69 Å². The summed E-state index contributed by atoms with van der Waals surface area (Å²) in [5, 5.41) is 0.584. The minimum absolute atomic E-state index is 0.188. The predicted octanol–water partition coefficient (Wildman–Crippen LogP) is 1.38. The Hall–Kier alpha value is -2.76. The van der Waals surface area contributed by atoms with E-state index in [2.05, 4.69) is 15.0 Å². The summed E-state index contributed by atoms with van der Waals surface area (Å²) in [7, 11) is 0. The van der Waals surface area contributed by atoms with Crippen LogP contribution >= 0.6 is 0 Å². The van der Waals surface area contributed by atoms with Gasteiger partial charge < -0.3 is 10.2 Å². The molecule has 2 heterocycles. The molecule has 0 saturated carbocycles. The Morgan fingerprint density at radius 1 is 1.22 bits per heavy atom. The van der Waals surface area contributed by atoms with Gasteiger partial charge in [-0.15, -0.1) is 0 Å². The lowest BCUT2D eigenvalue weighted by molar-refractivity contribution is 0.0997. The van der Waals surface area contributed by atoms with Crippen LogP contribution < -0.4 is 5.73 Å². The van der Waals surface area contributed by atoms with Gasteiger partial charge in [0.2, 0.25) is 5.89 Å². The summed E-state index contributed by atoms with van der Waals surface area (Å²) in [5.74, 6) is -0.151. The highest BCUT2D eigenvalue weighted by Gasteiger charge is 2.14. The van der Waals surface area contributed by atoms with Gasteiger partial charge in [0.05, 0.1) is 17.3 Å². The minimum atomic E-state index is -0.591. The predicted molar refractivity (Wildman–Crippen MR) is 63.6 cm³/mol. The SMILES string of the molecule is NC(=O)c1ncnc2c(-c3ncco3)cccc12. The first kappa shape index (κ1) is 10.4. The standard InChI is InChI=1S/C12H8N4O2/c13-11(17)10-7-2-1-3-8(9(7)15-6-16-10)12-14-4-5-18-12/h1-6H,(H2,13,17). The molecular formula is C12H8N4O2. The number of oxazole rings is 1. The van der Waals surface area contributed by atoms with E-state index < -0.39 is 5.91 Å². The van der Waals surface area contributed by atoms with E-state index in [1.54, 1.807) is 18.3 Å². The van der Waals surface area contributed by atoms with E-state index in [9.17, 15) is 4.79 Å². The van der Waals surface area contributed by atoms with Crippen molar-refractivity contribution in [1.29, 1.82) is 0 Å². The summed E-state index contributed by atoms with van der Waals surface area (Å²) in [6, 6.07) is 5.32. The van der Waals surface area contributed by atoms with Gasteiger partial charge in [-0.3, -0.25) is 4.79 Å². The lowest BCUT2D eigenvalue weighted by atomic mass is 10.1. The van der Waals surface area contributed by atoms with E-state index in [4.69, 9.17) is 10.2 Å². The van der Waals surface area contributed by atoms with Gasteiger partial charge in [-0.05, 0) is 6.07 Å². The van der Waals surface area contributed by atoms with Crippen molar-refractivity contribution >= 4 is 16.8 Å². The molecule has 0 unspecified atom stereocenters. The maximum Gasteiger partial charge on any atom is 0.268 e. The Morgan fingerprint density at radius 3 is 2.83 bits per heavy atom. The summed E-state index contributed by atoms with van der Waals surface area (Å²) in [6.07, 6.45) is 4.32. The topological polar surface area (TPSA) is 94.9 Å². The van der Waals surface area contributed by atoms with Gasteiger partial charge in [-0.2, -0.15) is 0 Å². The number of primary amides is 1. The van der Waals surface area contributed by atoms with Crippen LogP contribution in [0.1, 0.15) is 10.5 Å². The van der Waals surface area contributed by atoms with E-state index in [0.29, 0.717) is 22.4 Å². The summed E-state index contributed by atoms with van der Waals surface area (Å²) < 4.78 is 5.24. The quantitative estimate of drug-likeness (QED) is 0.730. The normalized spacial score (nSPS) is 10.7. The monoisotopic (exact) mass is 240 g/mol. The second kappa shape index (κ2) is 3.92. The summed E-state index contributed by atoms with van der Waals surface area (Å²) in [6.45, 7) is 0. The molecule has 2 N–H and O–H groups in total. The van der Waals surface area contributed by atoms with E-state index in [0.717, 1.165) is 0 Å². The molecule has 0 spiro atoms. The average molecular weight is 240 g/mol. The Kier molecular flexibility index (Phi) is 2.26. The van der Waals surface area contributed by atoms with Crippen LogP contribution in [-0.4, -0.2) is 20.9 Å². The third-order valence-electron chi connectivity index (χ3n) is 2.56. The molecule has 0 saturated heterocycles. The first-order valence-electron chi connectivity index (χ1n) is 5.21. The first-order chi connectivity index (χ1) is 8.77. The van der Waals surface area contributed by atoms with Crippen LogP contribution in [0.15, 0.2) is 41.4 Å². The lowest BCUT2D eigenvalue weighted by Crippen LogP contribution is -2.13. The van der Waals surface area contributed by atoms with Crippen LogP contribution in [0.3, 0.4) is 0 Å². The fourth-order valence-electron chi connectivity index (χ4n) is 1.81. The number of nitrogens with zero attached hydrogens (tertiary/aromatic N) is 3. The molecular weight excluding hydrogens is 232 g/mol. The van der Waals surface area contributed by atoms with Crippen molar-refractivity contribution in [2.75, 3.05) is 0 Å². The summed E-state index contributed by atoms with van der Waals surface area (Å²) >= 11 is 0. The van der Waals surface area contributed by atoms with Crippen molar-refractivity contribution in [3.63, 3.8) is 0 Å². The smallest absolute Gasteiger partial charge is 0.268 e. The zero-order chi connectivity index (χ0) is 12.5. The molecule has 18 heavy (non-hydrogen) atoms. The minimum Gasteiger partial charge on any atom is -0.444 e. The van der Waals surface area contributed by atoms with Crippen LogP contribution in [0.25, 0.3) is 22.4 Å². The van der Waals surface area contributed by atoms with E-state index in [1.165, 1.54) is 12.6 Å². The molecule has 6 heteroatoms. The summed E-state index contributed by atoms with van der Waals surface area (Å²) in [5.41, 5.74) is 6.75. The zero-order valence-electron chi connectivity index (χ0n) is 9.20. The molecule has 1 amide bonds. The number of hydrogen-bond acceptors (Lipinski definition) is 5. The number of amides is 1. The van der Waals surface area contributed by atoms with Gasteiger partial charge in [0.1, 0.15) is 18.3 Å². The van der Waals surface area contributed by atoms with Crippen LogP contribution in [0.2, 0.25) is 0 Å². The van der Waals surface area contributed by atoms with E-state index >= 15 is 0 Å². The largest absolute Gasteiger partial charge is 0.444 e. The molecule has 6 nitrogen and oxygen atoms in total. The van der Waals surface area contributed by atoms with Crippen molar-refractivity contribution in [2.24, 2.45) is 5.73 Å². The first-order valence-corrected chi connectivity index (χ1v) is 5.21. The number of nitrogens with two attached hydrogens (primary N) is 1. The molecule has 3 aromatic rings. The number of fused-ring (bicyclic) bond motifs is 1. The maximum atomic E-state index is 11.3. The van der Waals surface area contributed by atoms with Gasteiger partial charge in [0.25, 0.3) is 5.91 Å². The third kappa shape index (κ3) is 1.51. The van der Waals surface area contributed by atoms with Crippen LogP contribution in [0, 0.1) is 0 Å². The lowest BCUT2D eigenvalue weighted by Gasteiger charge is -2.04. The Labute approximate surface area is 101 Å². The van der Waals surface area contributed by atoms with Crippen molar-refractivity contribution in [3.05, 3.63) is 42.7 Å². The molecule has 0 aliphatic heterocycles. The molecule has 2 aromatic heterocycles. The fraction of sp³-hybridized carbons (Fsp3) is 0. The maximum absolute atomic E-state index is 11.3. The molecule has 88 valence electrons. The molecule has 0 fully saturated rings. The van der Waals surface area contributed by atoms with Crippen LogP contribution in [0.5, 0.6) is 0 Å². The highest BCUT2D eigenvalue weighted by molar-refractivity contribution is 6.06. The highest BCUT2D eigenvalue weighted by Crippen LogP contribution is 2.26. The Balaban J connectivity index is 2.36. The second-order valence-electron chi connectivity index (χ2n) is 3.63. The molecule has 0 atom stereocenters. The Morgan fingerprint density at radius 2 is 2.11 bits per heavy atom. The number of rotatable bonds is 2. The molecule has 0 aliphatic carbocycles. The van der Waals surface area contributed by atoms with Crippen molar-refractivity contribution in [2.45, 2.75) is 0 Å². The number of hydrogen-bond donors (Lipinski definition) is 1. The van der Waals surface area contributed by atoms with Gasteiger partial charge in [0.15, 0.2) is 0 Å². The fourth-order valence-corrected chi connectivity index (χ4v) is 1.81. The number of carbonyl (C=O) groups excluding carboxylic acids is 1. The number of para-hydroxylation sites is 1. The number of carbonyl (C=O) groups is 1. The molecule has 0 bridgehead atoms. The van der Waals surface area contributed by atoms with Crippen molar-refractivity contribution in [3.8, 4) is 11.5 Å². The molecule has 1 aromatic carbocycles. The van der Waals surface area contributed by atoms with Crippen molar-refractivity contribution < 1.29 is 9.21 Å². The van der Waals surface area contributed by atoms with Gasteiger partial charge in [-0.25, -0.2) is 15.0 Å². The Bertz CT molecular complexity index is 722. The number of aromatic nitrogens is 3. The van der Waals surface area contributed by atoms with Gasteiger partial charge in [-0.1, -0.05) is 12.1 Å². The van der Waals surface area contributed by atoms with Crippen LogP contribution in [-0.2, 0) is 0 Å².